The summed E-state index contributed by atoms with van der Waals surface area (Å²) in [5.74, 6) is 0. The average molecular weight is 285 g/mol. The normalized spacial score (nSPS) is 17.8. The highest BCUT2D eigenvalue weighted by Gasteiger charge is 2.27. The Labute approximate surface area is 122 Å². The number of benzene rings is 2. The van der Waals surface area contributed by atoms with E-state index in [9.17, 15) is 5.21 Å². The molecule has 2 aromatic carbocycles. The van der Waals surface area contributed by atoms with Crippen LogP contribution >= 0.6 is 11.6 Å². The zero-order valence-corrected chi connectivity index (χ0v) is 11.7. The summed E-state index contributed by atoms with van der Waals surface area (Å²) in [5.41, 5.74) is 3.11. The van der Waals surface area contributed by atoms with Gasteiger partial charge in [0, 0.05) is 17.5 Å². The summed E-state index contributed by atoms with van der Waals surface area (Å²) in [6, 6.07) is 14.7. The van der Waals surface area contributed by atoms with Gasteiger partial charge in [-0.05, 0) is 18.2 Å². The van der Waals surface area contributed by atoms with E-state index in [0.29, 0.717) is 10.7 Å². The molecule has 0 aliphatic carbocycles. The molecule has 0 saturated heterocycles. The molecule has 2 aromatic rings. The fourth-order valence-electron chi connectivity index (χ4n) is 2.36. The topological polar surface area (TPSA) is 38.4 Å². The van der Waals surface area contributed by atoms with Crippen molar-refractivity contribution in [3.63, 3.8) is 0 Å². The summed E-state index contributed by atoms with van der Waals surface area (Å²) in [5, 5.41) is 13.2. The Morgan fingerprint density at radius 3 is 2.65 bits per heavy atom. The van der Waals surface area contributed by atoms with Crippen LogP contribution in [-0.4, -0.2) is 16.7 Å². The minimum absolute atomic E-state index is 0.424. The Hall–Kier alpha value is -2.13. The lowest BCUT2D eigenvalue weighted by molar-refractivity contribution is -0.494. The predicted octanol–water partition coefficient (Wildman–Crippen LogP) is 4.12. The van der Waals surface area contributed by atoms with Crippen LogP contribution in [0.15, 0.2) is 53.5 Å². The Balaban J connectivity index is 2.26. The first-order chi connectivity index (χ1) is 9.66. The second-order valence-corrected chi connectivity index (χ2v) is 5.18. The molecule has 20 heavy (non-hydrogen) atoms. The molecular formula is C16H13ClN2O. The molecule has 3 rings (SSSR count). The van der Waals surface area contributed by atoms with E-state index < -0.39 is 6.04 Å². The van der Waals surface area contributed by atoms with Gasteiger partial charge in [-0.1, -0.05) is 41.9 Å². The fraction of sp³-hybridized carbons (Fsp3) is 0.125. The van der Waals surface area contributed by atoms with Crippen LogP contribution in [-0.2, 0) is 0 Å². The van der Waals surface area contributed by atoms with Crippen molar-refractivity contribution in [1.29, 1.82) is 0 Å². The molecule has 0 spiro atoms. The highest BCUT2D eigenvalue weighted by atomic mass is 35.5. The second-order valence-electron chi connectivity index (χ2n) is 4.74. The lowest BCUT2D eigenvalue weighted by atomic mass is 9.97. The minimum Gasteiger partial charge on any atom is -0.623 e. The molecule has 1 unspecified atom stereocenters. The van der Waals surface area contributed by atoms with Crippen molar-refractivity contribution in [2.45, 2.75) is 13.0 Å². The molecule has 1 aliphatic heterocycles. The van der Waals surface area contributed by atoms with Gasteiger partial charge in [0.1, 0.15) is 0 Å². The first-order valence-corrected chi connectivity index (χ1v) is 6.73. The molecule has 3 nitrogen and oxygen atoms in total. The van der Waals surface area contributed by atoms with Crippen molar-refractivity contribution < 1.29 is 4.74 Å². The van der Waals surface area contributed by atoms with Crippen LogP contribution in [0.4, 0.5) is 5.69 Å². The molecule has 0 fully saturated rings. The van der Waals surface area contributed by atoms with Gasteiger partial charge in [-0.25, -0.2) is 4.99 Å². The third-order valence-electron chi connectivity index (χ3n) is 3.37. The maximum Gasteiger partial charge on any atom is 0.216 e. The Morgan fingerprint density at radius 2 is 1.90 bits per heavy atom. The van der Waals surface area contributed by atoms with E-state index in [1.165, 1.54) is 0 Å². The average Bonchev–Trinajstić information content (AvgIpc) is 2.58. The van der Waals surface area contributed by atoms with Gasteiger partial charge in [-0.3, -0.25) is 0 Å². The summed E-state index contributed by atoms with van der Waals surface area (Å²) in [7, 11) is 0. The van der Waals surface area contributed by atoms with Gasteiger partial charge in [-0.15, -0.1) is 0 Å². The van der Waals surface area contributed by atoms with Gasteiger partial charge >= 0.3 is 0 Å². The first-order valence-electron chi connectivity index (χ1n) is 6.35. The molecular weight excluding hydrogens is 272 g/mol. The van der Waals surface area contributed by atoms with Crippen LogP contribution in [0.5, 0.6) is 0 Å². The van der Waals surface area contributed by atoms with Gasteiger partial charge in [0.25, 0.3) is 0 Å². The van der Waals surface area contributed by atoms with E-state index in [2.05, 4.69) is 4.99 Å². The van der Waals surface area contributed by atoms with E-state index in [4.69, 9.17) is 11.6 Å². The van der Waals surface area contributed by atoms with E-state index >= 15 is 0 Å². The van der Waals surface area contributed by atoms with E-state index in [1.54, 1.807) is 19.2 Å². The Morgan fingerprint density at radius 1 is 1.15 bits per heavy atom. The highest BCUT2D eigenvalue weighted by Crippen LogP contribution is 2.35. The largest absolute Gasteiger partial charge is 0.623 e. The fourth-order valence-corrected chi connectivity index (χ4v) is 2.54. The van der Waals surface area contributed by atoms with Crippen LogP contribution in [0.3, 0.4) is 0 Å². The number of hydrogen-bond acceptors (Lipinski definition) is 2. The van der Waals surface area contributed by atoms with Gasteiger partial charge in [0.05, 0.1) is 17.5 Å². The summed E-state index contributed by atoms with van der Waals surface area (Å²) in [6.45, 7) is 1.76. The minimum atomic E-state index is -0.424. The molecule has 0 saturated carbocycles. The van der Waals surface area contributed by atoms with Crippen molar-refractivity contribution in [2.24, 2.45) is 4.99 Å². The molecule has 0 bridgehead atoms. The lowest BCUT2D eigenvalue weighted by Gasteiger charge is -2.19. The van der Waals surface area contributed by atoms with Crippen LogP contribution < -0.4 is 0 Å². The molecule has 1 heterocycles. The monoisotopic (exact) mass is 284 g/mol. The van der Waals surface area contributed by atoms with Crippen molar-refractivity contribution in [3.8, 4) is 0 Å². The van der Waals surface area contributed by atoms with Crippen LogP contribution in [0.25, 0.3) is 0 Å². The van der Waals surface area contributed by atoms with Crippen LogP contribution in [0.1, 0.15) is 24.1 Å². The molecule has 0 radical (unpaired) electrons. The molecule has 1 atom stereocenters. The standard InChI is InChI=1S/C16H13ClN2O/c1-11-10-18-15-8-7-13(17)9-14(15)16(19(11)20)12-5-3-2-4-6-12/h2-10,16H,1H3. The third kappa shape index (κ3) is 2.21. The molecule has 1 aliphatic rings. The van der Waals surface area contributed by atoms with Crippen molar-refractivity contribution >= 4 is 29.2 Å². The van der Waals surface area contributed by atoms with Crippen molar-refractivity contribution in [3.05, 3.63) is 69.9 Å². The number of hydroxylamine groups is 1. The molecule has 0 aromatic heterocycles. The third-order valence-corrected chi connectivity index (χ3v) is 3.61. The number of nitrogens with zero attached hydrogens (tertiary/aromatic N) is 2. The van der Waals surface area contributed by atoms with Gasteiger partial charge in [0.2, 0.25) is 11.8 Å². The summed E-state index contributed by atoms with van der Waals surface area (Å²) < 4.78 is 0.987. The zero-order valence-electron chi connectivity index (χ0n) is 11.0. The Bertz CT molecular complexity index is 708. The summed E-state index contributed by atoms with van der Waals surface area (Å²) in [4.78, 5) is 4.37. The van der Waals surface area contributed by atoms with Gasteiger partial charge in [0.15, 0.2) is 0 Å². The number of rotatable bonds is 1. The van der Waals surface area contributed by atoms with Crippen LogP contribution in [0.2, 0.25) is 5.02 Å². The van der Waals surface area contributed by atoms with E-state index in [-0.39, 0.29) is 0 Å². The first kappa shape index (κ1) is 12.9. The van der Waals surface area contributed by atoms with E-state index in [1.807, 2.05) is 42.5 Å². The zero-order chi connectivity index (χ0) is 14.1. The van der Waals surface area contributed by atoms with Gasteiger partial charge < -0.3 is 5.21 Å². The molecule has 0 amide bonds. The molecule has 100 valence electrons. The van der Waals surface area contributed by atoms with E-state index in [0.717, 1.165) is 21.6 Å². The maximum absolute atomic E-state index is 12.6. The Kier molecular flexibility index (Phi) is 3.28. The predicted molar refractivity (Wildman–Crippen MR) is 82.2 cm³/mol. The SMILES string of the molecule is CC1=[N+]([O-])C(c2ccccc2)c2cc(Cl)ccc2N=C1. The second kappa shape index (κ2) is 5.10. The van der Waals surface area contributed by atoms with Gasteiger partial charge in [-0.2, -0.15) is 4.74 Å². The smallest absolute Gasteiger partial charge is 0.216 e. The number of halogens is 1. The maximum atomic E-state index is 12.6. The number of aliphatic imine (C=N–C) groups is 1. The molecule has 4 heteroatoms. The van der Waals surface area contributed by atoms with Crippen LogP contribution in [0, 0.1) is 5.21 Å². The lowest BCUT2D eigenvalue weighted by Crippen LogP contribution is -2.20. The summed E-state index contributed by atoms with van der Waals surface area (Å²) in [6.07, 6.45) is 1.60. The molecule has 0 N–H and O–H groups in total. The summed E-state index contributed by atoms with van der Waals surface area (Å²) >= 11 is 6.09. The number of fused-ring (bicyclic) bond motifs is 1. The van der Waals surface area contributed by atoms with Crippen molar-refractivity contribution in [2.75, 3.05) is 0 Å². The number of hydrogen-bond donors (Lipinski definition) is 0. The highest BCUT2D eigenvalue weighted by molar-refractivity contribution is 6.31. The van der Waals surface area contributed by atoms with Crippen molar-refractivity contribution in [1.82, 2.24) is 0 Å². The quantitative estimate of drug-likeness (QED) is 0.573.